The summed E-state index contributed by atoms with van der Waals surface area (Å²) in [5, 5.41) is 1.73. The second kappa shape index (κ2) is 2.72. The topological polar surface area (TPSA) is 25.8 Å². The maximum absolute atomic E-state index is 5.90. The zero-order valence-electron chi connectivity index (χ0n) is 6.58. The van der Waals surface area contributed by atoms with Crippen LogP contribution in [0.2, 0.25) is 5.02 Å². The molecular formula is C9H7ClN2. The fourth-order valence-electron chi connectivity index (χ4n) is 1.09. The number of fused-ring (bicyclic) bond motifs is 1. The van der Waals surface area contributed by atoms with Crippen molar-refractivity contribution in [2.75, 3.05) is 0 Å². The zero-order valence-corrected chi connectivity index (χ0v) is 7.34. The summed E-state index contributed by atoms with van der Waals surface area (Å²) in [5.41, 5.74) is 1.73. The zero-order chi connectivity index (χ0) is 8.55. The average Bonchev–Trinajstić information content (AvgIpc) is 2.07. The molecule has 2 heterocycles. The van der Waals surface area contributed by atoms with Gasteiger partial charge >= 0.3 is 0 Å². The van der Waals surface area contributed by atoms with Crippen molar-refractivity contribution in [2.45, 2.75) is 6.92 Å². The summed E-state index contributed by atoms with van der Waals surface area (Å²) < 4.78 is 0. The van der Waals surface area contributed by atoms with Crippen molar-refractivity contribution < 1.29 is 0 Å². The van der Waals surface area contributed by atoms with E-state index in [-0.39, 0.29) is 0 Å². The average molecular weight is 179 g/mol. The predicted molar refractivity (Wildman–Crippen MR) is 49.3 cm³/mol. The molecule has 0 N–H and O–H groups in total. The molecule has 2 aromatic rings. The Morgan fingerprint density at radius 3 is 3.08 bits per heavy atom. The Hall–Kier alpha value is -1.15. The van der Waals surface area contributed by atoms with E-state index in [0.29, 0.717) is 5.02 Å². The van der Waals surface area contributed by atoms with Crippen molar-refractivity contribution in [1.82, 2.24) is 9.97 Å². The van der Waals surface area contributed by atoms with Gasteiger partial charge in [0, 0.05) is 11.6 Å². The summed E-state index contributed by atoms with van der Waals surface area (Å²) in [7, 11) is 0. The molecule has 2 rings (SSSR count). The molecule has 0 aliphatic carbocycles. The summed E-state index contributed by atoms with van der Waals surface area (Å²) in [6, 6.07) is 3.80. The predicted octanol–water partition coefficient (Wildman–Crippen LogP) is 2.59. The molecule has 0 saturated carbocycles. The first-order valence-corrected chi connectivity index (χ1v) is 4.02. The van der Waals surface area contributed by atoms with E-state index in [1.54, 1.807) is 12.4 Å². The van der Waals surface area contributed by atoms with E-state index in [1.165, 1.54) is 0 Å². The normalized spacial score (nSPS) is 10.5. The fraction of sp³-hybridized carbons (Fsp3) is 0.111. The molecule has 0 unspecified atom stereocenters. The number of pyridine rings is 2. The van der Waals surface area contributed by atoms with Crippen LogP contribution in [0.1, 0.15) is 5.69 Å². The van der Waals surface area contributed by atoms with E-state index in [4.69, 9.17) is 11.6 Å². The van der Waals surface area contributed by atoms with Crippen molar-refractivity contribution in [1.29, 1.82) is 0 Å². The Morgan fingerprint density at radius 2 is 2.25 bits per heavy atom. The van der Waals surface area contributed by atoms with E-state index in [2.05, 4.69) is 9.97 Å². The van der Waals surface area contributed by atoms with E-state index in [9.17, 15) is 0 Å². The molecule has 0 atom stereocenters. The fourth-order valence-corrected chi connectivity index (χ4v) is 1.25. The molecule has 12 heavy (non-hydrogen) atoms. The number of aryl methyl sites for hydroxylation is 1. The Balaban J connectivity index is 2.84. The largest absolute Gasteiger partial charge is 0.262 e. The molecule has 0 amide bonds. The summed E-state index contributed by atoms with van der Waals surface area (Å²) in [5.74, 6) is 0. The van der Waals surface area contributed by atoms with Gasteiger partial charge < -0.3 is 0 Å². The van der Waals surface area contributed by atoms with Gasteiger partial charge in [-0.15, -0.1) is 0 Å². The van der Waals surface area contributed by atoms with Crippen LogP contribution in [0.3, 0.4) is 0 Å². The van der Waals surface area contributed by atoms with Crippen LogP contribution >= 0.6 is 11.6 Å². The van der Waals surface area contributed by atoms with Crippen molar-refractivity contribution in [2.24, 2.45) is 0 Å². The molecule has 0 fully saturated rings. The molecular weight excluding hydrogens is 172 g/mol. The van der Waals surface area contributed by atoms with Crippen molar-refractivity contribution in [3.63, 3.8) is 0 Å². The second-order valence-electron chi connectivity index (χ2n) is 2.62. The lowest BCUT2D eigenvalue weighted by atomic mass is 10.2. The molecule has 0 bridgehead atoms. The Kier molecular flexibility index (Phi) is 1.70. The minimum absolute atomic E-state index is 0.703. The highest BCUT2D eigenvalue weighted by Crippen LogP contribution is 2.18. The van der Waals surface area contributed by atoms with Gasteiger partial charge in [0.1, 0.15) is 0 Å². The first-order valence-electron chi connectivity index (χ1n) is 3.64. The number of nitrogens with zero attached hydrogens (tertiary/aromatic N) is 2. The van der Waals surface area contributed by atoms with Gasteiger partial charge in [-0.2, -0.15) is 0 Å². The first kappa shape index (κ1) is 7.50. The molecule has 0 saturated heterocycles. The highest BCUT2D eigenvalue weighted by molar-refractivity contribution is 6.31. The van der Waals surface area contributed by atoms with E-state index in [1.807, 2.05) is 19.1 Å². The highest BCUT2D eigenvalue weighted by atomic mass is 35.5. The van der Waals surface area contributed by atoms with Gasteiger partial charge in [0.2, 0.25) is 0 Å². The van der Waals surface area contributed by atoms with Crippen LogP contribution < -0.4 is 0 Å². The number of hydrogen-bond donors (Lipinski definition) is 0. The highest BCUT2D eigenvalue weighted by Gasteiger charge is 1.99. The van der Waals surface area contributed by atoms with Gasteiger partial charge in [0.25, 0.3) is 0 Å². The maximum Gasteiger partial charge on any atom is 0.0889 e. The van der Waals surface area contributed by atoms with Gasteiger partial charge in [-0.1, -0.05) is 11.6 Å². The van der Waals surface area contributed by atoms with Crippen molar-refractivity contribution >= 4 is 22.5 Å². The number of rotatable bonds is 0. The van der Waals surface area contributed by atoms with Crippen LogP contribution in [0.5, 0.6) is 0 Å². The minimum Gasteiger partial charge on any atom is -0.262 e. The second-order valence-corrected chi connectivity index (χ2v) is 3.03. The summed E-state index contributed by atoms with van der Waals surface area (Å²) >= 11 is 5.90. The van der Waals surface area contributed by atoms with Crippen LogP contribution in [0.15, 0.2) is 24.5 Å². The Morgan fingerprint density at radius 1 is 1.42 bits per heavy atom. The van der Waals surface area contributed by atoms with Gasteiger partial charge in [0.15, 0.2) is 0 Å². The molecule has 0 aromatic carbocycles. The molecule has 3 heteroatoms. The van der Waals surface area contributed by atoms with Gasteiger partial charge in [-0.3, -0.25) is 4.98 Å². The number of aromatic nitrogens is 2. The lowest BCUT2D eigenvalue weighted by Crippen LogP contribution is -1.85. The van der Waals surface area contributed by atoms with E-state index in [0.717, 1.165) is 16.6 Å². The SMILES string of the molecule is Cc1nc2cnccc2cc1Cl. The Labute approximate surface area is 75.2 Å². The monoisotopic (exact) mass is 178 g/mol. The quantitative estimate of drug-likeness (QED) is 0.620. The smallest absolute Gasteiger partial charge is 0.0889 e. The van der Waals surface area contributed by atoms with Crippen LogP contribution in [0.4, 0.5) is 0 Å². The first-order chi connectivity index (χ1) is 5.77. The maximum atomic E-state index is 5.90. The third-order valence-electron chi connectivity index (χ3n) is 1.75. The summed E-state index contributed by atoms with van der Waals surface area (Å²) in [6.07, 6.45) is 3.47. The van der Waals surface area contributed by atoms with Gasteiger partial charge in [-0.05, 0) is 19.1 Å². The molecule has 60 valence electrons. The molecule has 0 radical (unpaired) electrons. The van der Waals surface area contributed by atoms with Gasteiger partial charge in [-0.25, -0.2) is 4.98 Å². The molecule has 0 spiro atoms. The van der Waals surface area contributed by atoms with E-state index < -0.39 is 0 Å². The lowest BCUT2D eigenvalue weighted by molar-refractivity contribution is 1.23. The summed E-state index contributed by atoms with van der Waals surface area (Å²) in [6.45, 7) is 1.88. The Bertz CT molecular complexity index is 385. The van der Waals surface area contributed by atoms with Crippen LogP contribution in [0.25, 0.3) is 10.9 Å². The number of hydrogen-bond acceptors (Lipinski definition) is 2. The van der Waals surface area contributed by atoms with Crippen molar-refractivity contribution in [3.8, 4) is 0 Å². The summed E-state index contributed by atoms with van der Waals surface area (Å²) in [4.78, 5) is 8.26. The number of halogens is 1. The van der Waals surface area contributed by atoms with Crippen LogP contribution in [0, 0.1) is 6.92 Å². The van der Waals surface area contributed by atoms with Crippen LogP contribution in [-0.4, -0.2) is 9.97 Å². The van der Waals surface area contributed by atoms with E-state index >= 15 is 0 Å². The third kappa shape index (κ3) is 1.14. The molecule has 0 aliphatic heterocycles. The minimum atomic E-state index is 0.703. The lowest BCUT2D eigenvalue weighted by Gasteiger charge is -1.99. The third-order valence-corrected chi connectivity index (χ3v) is 2.13. The molecule has 2 aromatic heterocycles. The van der Waals surface area contributed by atoms with Crippen LogP contribution in [-0.2, 0) is 0 Å². The molecule has 2 nitrogen and oxygen atoms in total. The molecule has 0 aliphatic rings. The van der Waals surface area contributed by atoms with Crippen molar-refractivity contribution in [3.05, 3.63) is 35.2 Å². The van der Waals surface area contributed by atoms with Gasteiger partial charge in [0.05, 0.1) is 22.4 Å². The standard InChI is InChI=1S/C9H7ClN2/c1-6-8(10)4-7-2-3-11-5-9(7)12-6/h2-5H,1H3.